The Bertz CT molecular complexity index is 651. The van der Waals surface area contributed by atoms with Gasteiger partial charge in [0.2, 0.25) is 5.91 Å². The number of aliphatic carboxylic acids is 1. The van der Waals surface area contributed by atoms with E-state index in [1.807, 2.05) is 0 Å². The first-order valence-corrected chi connectivity index (χ1v) is 6.22. The van der Waals surface area contributed by atoms with Crippen LogP contribution in [0.25, 0.3) is 10.9 Å². The van der Waals surface area contributed by atoms with Gasteiger partial charge in [-0.05, 0) is 23.8 Å². The molecular formula is C14H15FN2O3. The van der Waals surface area contributed by atoms with Crippen molar-refractivity contribution < 1.29 is 19.1 Å². The number of rotatable bonds is 5. The van der Waals surface area contributed by atoms with E-state index in [0.29, 0.717) is 5.52 Å². The number of benzene rings is 1. The maximum atomic E-state index is 13.0. The van der Waals surface area contributed by atoms with Gasteiger partial charge >= 0.3 is 5.97 Å². The van der Waals surface area contributed by atoms with Crippen molar-refractivity contribution in [3.63, 3.8) is 0 Å². The Morgan fingerprint density at radius 2 is 2.20 bits per heavy atom. The Labute approximate surface area is 114 Å². The molecule has 5 nitrogen and oxygen atoms in total. The van der Waals surface area contributed by atoms with Gasteiger partial charge in [-0.15, -0.1) is 0 Å². The van der Waals surface area contributed by atoms with Crippen molar-refractivity contribution in [3.8, 4) is 0 Å². The Hall–Kier alpha value is -2.37. The highest BCUT2D eigenvalue weighted by Gasteiger charge is 2.13. The van der Waals surface area contributed by atoms with E-state index in [1.165, 1.54) is 19.1 Å². The number of carboxylic acid groups (broad SMARTS) is 1. The third kappa shape index (κ3) is 3.14. The van der Waals surface area contributed by atoms with Crippen LogP contribution in [0.3, 0.4) is 0 Å². The number of carboxylic acids is 1. The van der Waals surface area contributed by atoms with Crippen LogP contribution in [-0.4, -0.2) is 28.5 Å². The minimum absolute atomic E-state index is 0.0884. The topological polar surface area (TPSA) is 82.2 Å². The smallest absolute Gasteiger partial charge is 0.308 e. The molecule has 0 unspecified atom stereocenters. The number of aromatic nitrogens is 1. The average molecular weight is 278 g/mol. The molecule has 1 amide bonds. The number of H-pyrrole nitrogens is 1. The van der Waals surface area contributed by atoms with Crippen molar-refractivity contribution >= 4 is 22.8 Å². The fraction of sp³-hybridized carbons (Fsp3) is 0.286. The van der Waals surface area contributed by atoms with Crippen LogP contribution in [-0.2, 0) is 16.0 Å². The minimum Gasteiger partial charge on any atom is -0.481 e. The van der Waals surface area contributed by atoms with Gasteiger partial charge in [0.1, 0.15) is 5.82 Å². The van der Waals surface area contributed by atoms with Crippen molar-refractivity contribution in [2.24, 2.45) is 5.92 Å². The Balaban J connectivity index is 2.01. The van der Waals surface area contributed by atoms with Gasteiger partial charge in [-0.2, -0.15) is 0 Å². The summed E-state index contributed by atoms with van der Waals surface area (Å²) in [6.45, 7) is 1.61. The van der Waals surface area contributed by atoms with Crippen molar-refractivity contribution in [1.82, 2.24) is 10.3 Å². The third-order valence-electron chi connectivity index (χ3n) is 3.11. The molecule has 0 bridgehead atoms. The summed E-state index contributed by atoms with van der Waals surface area (Å²) in [5.74, 6) is -2.18. The maximum Gasteiger partial charge on any atom is 0.308 e. The van der Waals surface area contributed by atoms with Crippen LogP contribution in [0.5, 0.6) is 0 Å². The van der Waals surface area contributed by atoms with Crippen LogP contribution < -0.4 is 5.32 Å². The molecule has 1 aromatic heterocycles. The van der Waals surface area contributed by atoms with Crippen LogP contribution in [0.1, 0.15) is 12.5 Å². The molecule has 3 N–H and O–H groups in total. The zero-order valence-electron chi connectivity index (χ0n) is 10.9. The van der Waals surface area contributed by atoms with E-state index in [2.05, 4.69) is 10.3 Å². The van der Waals surface area contributed by atoms with Crippen LogP contribution in [0, 0.1) is 11.7 Å². The number of nitrogens with one attached hydrogen (secondary N) is 2. The first-order valence-electron chi connectivity index (χ1n) is 6.22. The van der Waals surface area contributed by atoms with Crippen molar-refractivity contribution in [1.29, 1.82) is 0 Å². The molecule has 20 heavy (non-hydrogen) atoms. The minimum atomic E-state index is -0.951. The van der Waals surface area contributed by atoms with E-state index in [1.54, 1.807) is 12.3 Å². The van der Waals surface area contributed by atoms with Crippen LogP contribution in [0.15, 0.2) is 24.4 Å². The van der Waals surface area contributed by atoms with Crippen molar-refractivity contribution in [2.45, 2.75) is 13.3 Å². The summed E-state index contributed by atoms with van der Waals surface area (Å²) < 4.78 is 13.0. The standard InChI is InChI=1S/C14H15FN2O3/c1-8(14(19)20)6-17-13(18)4-9-7-16-12-5-10(15)2-3-11(9)12/h2-3,5,7-8,16H,4,6H2,1H3,(H,17,18)(H,19,20)/t8-/m1/s1. The molecule has 0 aliphatic carbocycles. The highest BCUT2D eigenvalue weighted by Crippen LogP contribution is 2.19. The van der Waals surface area contributed by atoms with Gasteiger partial charge in [-0.1, -0.05) is 6.92 Å². The second kappa shape index (κ2) is 5.73. The number of aromatic amines is 1. The molecule has 0 saturated carbocycles. The summed E-state index contributed by atoms with van der Waals surface area (Å²) in [5.41, 5.74) is 1.38. The van der Waals surface area contributed by atoms with Gasteiger partial charge in [-0.3, -0.25) is 9.59 Å². The first-order chi connectivity index (χ1) is 9.47. The zero-order chi connectivity index (χ0) is 14.7. The number of halogens is 1. The Kier molecular flexibility index (Phi) is 4.02. The fourth-order valence-corrected chi connectivity index (χ4v) is 1.89. The van der Waals surface area contributed by atoms with E-state index in [0.717, 1.165) is 10.9 Å². The van der Waals surface area contributed by atoms with E-state index in [4.69, 9.17) is 5.11 Å². The molecule has 6 heteroatoms. The molecule has 0 spiro atoms. The van der Waals surface area contributed by atoms with Gasteiger partial charge in [0, 0.05) is 23.6 Å². The molecule has 0 radical (unpaired) electrons. The molecule has 2 aromatic rings. The van der Waals surface area contributed by atoms with E-state index < -0.39 is 11.9 Å². The molecule has 1 heterocycles. The zero-order valence-corrected chi connectivity index (χ0v) is 10.9. The third-order valence-corrected chi connectivity index (χ3v) is 3.11. The van der Waals surface area contributed by atoms with E-state index in [9.17, 15) is 14.0 Å². The van der Waals surface area contributed by atoms with Gasteiger partial charge in [0.25, 0.3) is 0 Å². The highest BCUT2D eigenvalue weighted by atomic mass is 19.1. The lowest BCUT2D eigenvalue weighted by atomic mass is 10.1. The van der Waals surface area contributed by atoms with Crippen LogP contribution in [0.2, 0.25) is 0 Å². The number of carbonyl (C=O) groups is 2. The van der Waals surface area contributed by atoms with Gasteiger partial charge in [-0.25, -0.2) is 4.39 Å². The normalized spacial score (nSPS) is 12.3. The quantitative estimate of drug-likeness (QED) is 0.778. The largest absolute Gasteiger partial charge is 0.481 e. The molecular weight excluding hydrogens is 263 g/mol. The first kappa shape index (κ1) is 14.0. The lowest BCUT2D eigenvalue weighted by molar-refractivity contribution is -0.141. The predicted octanol–water partition coefficient (Wildman–Crippen LogP) is 1.69. The van der Waals surface area contributed by atoms with Crippen molar-refractivity contribution in [3.05, 3.63) is 35.8 Å². The average Bonchev–Trinajstić information content (AvgIpc) is 2.78. The second-order valence-corrected chi connectivity index (χ2v) is 4.72. The Morgan fingerprint density at radius 1 is 1.45 bits per heavy atom. The molecule has 106 valence electrons. The van der Waals surface area contributed by atoms with E-state index >= 15 is 0 Å². The summed E-state index contributed by atoms with van der Waals surface area (Å²) in [4.78, 5) is 25.3. The number of hydrogen-bond acceptors (Lipinski definition) is 2. The SMILES string of the molecule is C[C@H](CNC(=O)Cc1c[nH]c2cc(F)ccc12)C(=O)O. The molecule has 1 atom stereocenters. The molecule has 1 aromatic carbocycles. The number of carbonyl (C=O) groups excluding carboxylic acids is 1. The van der Waals surface area contributed by atoms with Gasteiger partial charge in [0.15, 0.2) is 0 Å². The Morgan fingerprint density at radius 3 is 2.90 bits per heavy atom. The van der Waals surface area contributed by atoms with E-state index in [-0.39, 0.29) is 24.7 Å². The lowest BCUT2D eigenvalue weighted by Crippen LogP contribution is -2.32. The van der Waals surface area contributed by atoms with Crippen molar-refractivity contribution in [2.75, 3.05) is 6.54 Å². The lowest BCUT2D eigenvalue weighted by Gasteiger charge is -2.08. The predicted molar refractivity (Wildman–Crippen MR) is 71.8 cm³/mol. The summed E-state index contributed by atoms with van der Waals surface area (Å²) in [5, 5.41) is 12.1. The molecule has 0 aliphatic heterocycles. The molecule has 0 fully saturated rings. The van der Waals surface area contributed by atoms with Crippen LogP contribution in [0.4, 0.5) is 4.39 Å². The summed E-state index contributed by atoms with van der Waals surface area (Å²) in [7, 11) is 0. The summed E-state index contributed by atoms with van der Waals surface area (Å²) in [6.07, 6.45) is 1.78. The fourth-order valence-electron chi connectivity index (χ4n) is 1.89. The number of hydrogen-bond donors (Lipinski definition) is 3. The highest BCUT2D eigenvalue weighted by molar-refractivity contribution is 5.89. The number of fused-ring (bicyclic) bond motifs is 1. The van der Waals surface area contributed by atoms with Crippen LogP contribution >= 0.6 is 0 Å². The molecule has 0 saturated heterocycles. The summed E-state index contributed by atoms with van der Waals surface area (Å²) >= 11 is 0. The summed E-state index contributed by atoms with van der Waals surface area (Å²) in [6, 6.07) is 4.32. The molecule has 0 aliphatic rings. The second-order valence-electron chi connectivity index (χ2n) is 4.72. The molecule has 2 rings (SSSR count). The number of amides is 1. The van der Waals surface area contributed by atoms with Gasteiger partial charge in [0.05, 0.1) is 12.3 Å². The maximum absolute atomic E-state index is 13.0. The van der Waals surface area contributed by atoms with Gasteiger partial charge < -0.3 is 15.4 Å². The monoisotopic (exact) mass is 278 g/mol.